The molecule has 0 amide bonds. The predicted molar refractivity (Wildman–Crippen MR) is 67.5 cm³/mol. The summed E-state index contributed by atoms with van der Waals surface area (Å²) in [5.41, 5.74) is 0.891. The highest BCUT2D eigenvalue weighted by atomic mass is 16.5. The van der Waals surface area contributed by atoms with Gasteiger partial charge in [0.25, 0.3) is 0 Å². The Labute approximate surface area is 98.3 Å². The average Bonchev–Trinajstić information content (AvgIpc) is 2.37. The van der Waals surface area contributed by atoms with Gasteiger partial charge in [0.2, 0.25) is 0 Å². The predicted octanol–water partition coefficient (Wildman–Crippen LogP) is 3.10. The van der Waals surface area contributed by atoms with Gasteiger partial charge in [-0.1, -0.05) is 0 Å². The lowest BCUT2D eigenvalue weighted by atomic mass is 10.1. The number of aromatic hydroxyl groups is 1. The van der Waals surface area contributed by atoms with Crippen LogP contribution in [0, 0.1) is 0 Å². The average molecular weight is 225 g/mol. The number of fused-ring (bicyclic) bond motifs is 3. The molecule has 0 saturated heterocycles. The van der Waals surface area contributed by atoms with Crippen molar-refractivity contribution in [2.24, 2.45) is 0 Å². The van der Waals surface area contributed by atoms with E-state index >= 15 is 0 Å². The van der Waals surface area contributed by atoms with E-state index in [4.69, 9.17) is 4.74 Å². The number of nitrogens with zero attached hydrogens (tertiary/aromatic N) is 1. The van der Waals surface area contributed by atoms with Gasteiger partial charge in [0.1, 0.15) is 11.5 Å². The Morgan fingerprint density at radius 3 is 2.71 bits per heavy atom. The molecule has 0 atom stereocenters. The molecule has 0 aliphatic carbocycles. The second-order valence-electron chi connectivity index (χ2n) is 3.91. The van der Waals surface area contributed by atoms with E-state index in [1.54, 1.807) is 25.4 Å². The van der Waals surface area contributed by atoms with Gasteiger partial charge in [0.05, 0.1) is 12.6 Å². The molecule has 0 aliphatic rings. The number of hydrogen-bond donors (Lipinski definition) is 1. The molecule has 0 fully saturated rings. The quantitative estimate of drug-likeness (QED) is 0.647. The number of phenolic OH excluding ortho intramolecular Hbond substituents is 1. The molecule has 84 valence electrons. The standard InChI is InChI=1S/C14H11NO2/c1-17-11-3-5-13-12-4-2-10(16)6-9(12)8-15-14(13)7-11/h2-8,16H,1H3. The van der Waals surface area contributed by atoms with Crippen LogP contribution in [0.3, 0.4) is 0 Å². The van der Waals surface area contributed by atoms with Gasteiger partial charge in [-0.15, -0.1) is 0 Å². The summed E-state index contributed by atoms with van der Waals surface area (Å²) >= 11 is 0. The van der Waals surface area contributed by atoms with Crippen LogP contribution in [0.15, 0.2) is 42.6 Å². The van der Waals surface area contributed by atoms with E-state index in [2.05, 4.69) is 4.98 Å². The fraction of sp³-hybridized carbons (Fsp3) is 0.0714. The molecule has 0 spiro atoms. The zero-order valence-electron chi connectivity index (χ0n) is 9.34. The minimum atomic E-state index is 0.257. The van der Waals surface area contributed by atoms with Crippen LogP contribution in [0.2, 0.25) is 0 Å². The topological polar surface area (TPSA) is 42.4 Å². The number of pyridine rings is 1. The maximum Gasteiger partial charge on any atom is 0.121 e. The minimum Gasteiger partial charge on any atom is -0.508 e. The summed E-state index contributed by atoms with van der Waals surface area (Å²) in [6.07, 6.45) is 1.76. The first-order valence-corrected chi connectivity index (χ1v) is 5.33. The second-order valence-corrected chi connectivity index (χ2v) is 3.91. The highest BCUT2D eigenvalue weighted by Gasteiger charge is 2.03. The number of hydrogen-bond acceptors (Lipinski definition) is 3. The van der Waals surface area contributed by atoms with Gasteiger partial charge < -0.3 is 9.84 Å². The minimum absolute atomic E-state index is 0.257. The van der Waals surface area contributed by atoms with Crippen molar-refractivity contribution in [2.45, 2.75) is 0 Å². The zero-order valence-corrected chi connectivity index (χ0v) is 9.34. The van der Waals surface area contributed by atoms with Crippen LogP contribution >= 0.6 is 0 Å². The summed E-state index contributed by atoms with van der Waals surface area (Å²) in [6.45, 7) is 0. The molecule has 1 heterocycles. The number of methoxy groups -OCH3 is 1. The lowest BCUT2D eigenvalue weighted by Crippen LogP contribution is -1.85. The Balaban J connectivity index is 2.40. The van der Waals surface area contributed by atoms with Gasteiger partial charge in [0, 0.05) is 23.0 Å². The summed E-state index contributed by atoms with van der Waals surface area (Å²) in [6, 6.07) is 11.1. The Kier molecular flexibility index (Phi) is 2.11. The van der Waals surface area contributed by atoms with Gasteiger partial charge in [-0.3, -0.25) is 4.98 Å². The van der Waals surface area contributed by atoms with Crippen molar-refractivity contribution in [2.75, 3.05) is 7.11 Å². The molecular formula is C14H11NO2. The van der Waals surface area contributed by atoms with Gasteiger partial charge in [-0.05, 0) is 35.7 Å². The molecule has 0 aliphatic heterocycles. The molecule has 3 rings (SSSR count). The van der Waals surface area contributed by atoms with Crippen LogP contribution in [-0.2, 0) is 0 Å². The van der Waals surface area contributed by atoms with E-state index in [0.29, 0.717) is 0 Å². The van der Waals surface area contributed by atoms with Gasteiger partial charge >= 0.3 is 0 Å². The van der Waals surface area contributed by atoms with Crippen molar-refractivity contribution in [1.29, 1.82) is 0 Å². The van der Waals surface area contributed by atoms with Crippen LogP contribution in [-0.4, -0.2) is 17.2 Å². The molecule has 0 bridgehead atoms. The van der Waals surface area contributed by atoms with Gasteiger partial charge in [-0.2, -0.15) is 0 Å². The van der Waals surface area contributed by atoms with E-state index in [9.17, 15) is 5.11 Å². The highest BCUT2D eigenvalue weighted by molar-refractivity contribution is 6.05. The summed E-state index contributed by atoms with van der Waals surface area (Å²) in [4.78, 5) is 4.37. The number of ether oxygens (including phenoxy) is 1. The first-order valence-electron chi connectivity index (χ1n) is 5.33. The van der Waals surface area contributed by atoms with Crippen molar-refractivity contribution in [3.8, 4) is 11.5 Å². The SMILES string of the molecule is COc1ccc2c(c1)ncc1cc(O)ccc12. The van der Waals surface area contributed by atoms with E-state index < -0.39 is 0 Å². The molecule has 1 N–H and O–H groups in total. The molecule has 3 aromatic rings. The third kappa shape index (κ3) is 1.56. The molecular weight excluding hydrogens is 214 g/mol. The lowest BCUT2D eigenvalue weighted by molar-refractivity contribution is 0.415. The van der Waals surface area contributed by atoms with Crippen LogP contribution < -0.4 is 4.74 Å². The van der Waals surface area contributed by atoms with Gasteiger partial charge in [-0.25, -0.2) is 0 Å². The van der Waals surface area contributed by atoms with Crippen LogP contribution in [0.1, 0.15) is 0 Å². The third-order valence-corrected chi connectivity index (χ3v) is 2.87. The van der Waals surface area contributed by atoms with Crippen molar-refractivity contribution >= 4 is 21.7 Å². The Morgan fingerprint density at radius 2 is 1.88 bits per heavy atom. The summed E-state index contributed by atoms with van der Waals surface area (Å²) < 4.78 is 5.17. The van der Waals surface area contributed by atoms with Crippen LogP contribution in [0.5, 0.6) is 11.5 Å². The fourth-order valence-electron chi connectivity index (χ4n) is 2.01. The maximum absolute atomic E-state index is 9.44. The summed E-state index contributed by atoms with van der Waals surface area (Å²) in [5.74, 6) is 1.05. The van der Waals surface area contributed by atoms with Crippen molar-refractivity contribution in [1.82, 2.24) is 4.98 Å². The zero-order chi connectivity index (χ0) is 11.8. The van der Waals surface area contributed by atoms with E-state index in [0.717, 1.165) is 27.4 Å². The smallest absolute Gasteiger partial charge is 0.121 e. The molecule has 2 aromatic carbocycles. The van der Waals surface area contributed by atoms with Crippen LogP contribution in [0.25, 0.3) is 21.7 Å². The maximum atomic E-state index is 9.44. The first-order chi connectivity index (χ1) is 8.28. The molecule has 0 saturated carbocycles. The molecule has 17 heavy (non-hydrogen) atoms. The van der Waals surface area contributed by atoms with Crippen molar-refractivity contribution in [3.63, 3.8) is 0 Å². The summed E-state index contributed by atoms with van der Waals surface area (Å²) in [5, 5.41) is 12.5. The van der Waals surface area contributed by atoms with Crippen molar-refractivity contribution < 1.29 is 9.84 Å². The Bertz CT molecular complexity index is 707. The second kappa shape index (κ2) is 3.63. The number of phenols is 1. The highest BCUT2D eigenvalue weighted by Crippen LogP contribution is 2.28. The van der Waals surface area contributed by atoms with E-state index in [1.807, 2.05) is 24.3 Å². The molecule has 3 heteroatoms. The number of rotatable bonds is 1. The first kappa shape index (κ1) is 9.90. The number of benzene rings is 2. The molecule has 0 radical (unpaired) electrons. The fourth-order valence-corrected chi connectivity index (χ4v) is 2.01. The van der Waals surface area contributed by atoms with Crippen molar-refractivity contribution in [3.05, 3.63) is 42.6 Å². The third-order valence-electron chi connectivity index (χ3n) is 2.87. The largest absolute Gasteiger partial charge is 0.508 e. The van der Waals surface area contributed by atoms with E-state index in [1.165, 1.54) is 0 Å². The Hall–Kier alpha value is -2.29. The molecule has 3 nitrogen and oxygen atoms in total. The summed E-state index contributed by atoms with van der Waals surface area (Å²) in [7, 11) is 1.64. The molecule has 0 unspecified atom stereocenters. The monoisotopic (exact) mass is 225 g/mol. The lowest BCUT2D eigenvalue weighted by Gasteiger charge is -2.05. The van der Waals surface area contributed by atoms with E-state index in [-0.39, 0.29) is 5.75 Å². The van der Waals surface area contributed by atoms with Crippen LogP contribution in [0.4, 0.5) is 0 Å². The normalized spacial score (nSPS) is 10.9. The van der Waals surface area contributed by atoms with Gasteiger partial charge in [0.15, 0.2) is 0 Å². The molecule has 1 aromatic heterocycles. The number of aromatic nitrogens is 1. The Morgan fingerprint density at radius 1 is 1.06 bits per heavy atom.